The number of anilines is 1. The molecule has 2 bridgehead atoms. The van der Waals surface area contributed by atoms with Gasteiger partial charge in [0.1, 0.15) is 0 Å². The molecular formula is C17H19NO2. The van der Waals surface area contributed by atoms with Crippen LogP contribution in [0.25, 0.3) is 0 Å². The molecule has 0 aliphatic heterocycles. The molecule has 3 fully saturated rings. The number of benzene rings is 1. The highest BCUT2D eigenvalue weighted by atomic mass is 16.2. The summed E-state index contributed by atoms with van der Waals surface area (Å²) in [6.07, 6.45) is 3.99. The third kappa shape index (κ3) is 1.65. The average molecular weight is 269 g/mol. The molecule has 0 aromatic heterocycles. The standard InChI is InChI=1S/C17H19NO2/c1-9(19)12-4-2-3-5-13(12)18-17(20)16-14-10-6-7-11(8-10)15(14)16/h2-5,10-11,14-16H,6-8H2,1H3,(H,18,20). The SMILES string of the molecule is CC(=O)c1ccccc1NC(=O)C1C2C3CCC(C3)C12. The second-order valence-electron chi connectivity index (χ2n) is 6.60. The smallest absolute Gasteiger partial charge is 0.228 e. The molecule has 104 valence electrons. The van der Waals surface area contributed by atoms with Gasteiger partial charge in [-0.25, -0.2) is 0 Å². The molecule has 4 unspecified atom stereocenters. The summed E-state index contributed by atoms with van der Waals surface area (Å²) in [7, 11) is 0. The molecule has 3 aliphatic rings. The van der Waals surface area contributed by atoms with Crippen LogP contribution in [0.1, 0.15) is 36.5 Å². The van der Waals surface area contributed by atoms with Crippen LogP contribution in [-0.4, -0.2) is 11.7 Å². The van der Waals surface area contributed by atoms with Gasteiger partial charge in [-0.05, 0) is 62.0 Å². The second-order valence-corrected chi connectivity index (χ2v) is 6.60. The lowest BCUT2D eigenvalue weighted by atomic mass is 10.0. The summed E-state index contributed by atoms with van der Waals surface area (Å²) < 4.78 is 0. The van der Waals surface area contributed by atoms with E-state index in [0.29, 0.717) is 23.1 Å². The highest BCUT2D eigenvalue weighted by Crippen LogP contribution is 2.69. The summed E-state index contributed by atoms with van der Waals surface area (Å²) in [5.41, 5.74) is 1.27. The number of Topliss-reactive ketones (excluding diaryl/α,β-unsaturated/α-hetero) is 1. The molecule has 20 heavy (non-hydrogen) atoms. The van der Waals surface area contributed by atoms with E-state index in [0.717, 1.165) is 11.8 Å². The van der Waals surface area contributed by atoms with E-state index >= 15 is 0 Å². The monoisotopic (exact) mass is 269 g/mol. The fourth-order valence-corrected chi connectivity index (χ4v) is 4.79. The van der Waals surface area contributed by atoms with Gasteiger partial charge in [0.2, 0.25) is 5.91 Å². The topological polar surface area (TPSA) is 46.2 Å². The van der Waals surface area contributed by atoms with Crippen molar-refractivity contribution in [3.05, 3.63) is 29.8 Å². The number of amides is 1. The molecule has 1 aromatic rings. The number of para-hydroxylation sites is 1. The first-order valence-corrected chi connectivity index (χ1v) is 7.57. The molecule has 0 saturated heterocycles. The molecule has 0 radical (unpaired) electrons. The summed E-state index contributed by atoms with van der Waals surface area (Å²) >= 11 is 0. The van der Waals surface area contributed by atoms with Crippen LogP contribution in [0.5, 0.6) is 0 Å². The van der Waals surface area contributed by atoms with Crippen molar-refractivity contribution >= 4 is 17.4 Å². The van der Waals surface area contributed by atoms with Gasteiger partial charge >= 0.3 is 0 Å². The number of hydrogen-bond acceptors (Lipinski definition) is 2. The predicted octanol–water partition coefficient (Wildman–Crippen LogP) is 3.12. The highest BCUT2D eigenvalue weighted by Gasteiger charge is 2.67. The Bertz CT molecular complexity index is 578. The molecule has 0 heterocycles. The second kappa shape index (κ2) is 4.18. The van der Waals surface area contributed by atoms with E-state index in [-0.39, 0.29) is 17.6 Å². The summed E-state index contributed by atoms with van der Waals surface area (Å²) in [6, 6.07) is 7.29. The maximum Gasteiger partial charge on any atom is 0.228 e. The van der Waals surface area contributed by atoms with Crippen LogP contribution in [0, 0.1) is 29.6 Å². The largest absolute Gasteiger partial charge is 0.325 e. The number of rotatable bonds is 3. The molecule has 0 spiro atoms. The number of ketones is 1. The Morgan fingerprint density at radius 1 is 1.10 bits per heavy atom. The zero-order valence-electron chi connectivity index (χ0n) is 11.6. The van der Waals surface area contributed by atoms with Crippen LogP contribution in [0.2, 0.25) is 0 Å². The Labute approximate surface area is 118 Å². The van der Waals surface area contributed by atoms with Gasteiger partial charge in [0, 0.05) is 11.5 Å². The van der Waals surface area contributed by atoms with Crippen LogP contribution in [0.3, 0.4) is 0 Å². The summed E-state index contributed by atoms with van der Waals surface area (Å²) in [4.78, 5) is 24.1. The third-order valence-electron chi connectivity index (χ3n) is 5.60. The lowest BCUT2D eigenvalue weighted by molar-refractivity contribution is -0.118. The van der Waals surface area contributed by atoms with E-state index < -0.39 is 0 Å². The Morgan fingerprint density at radius 2 is 1.75 bits per heavy atom. The third-order valence-corrected chi connectivity index (χ3v) is 5.60. The predicted molar refractivity (Wildman–Crippen MR) is 76.4 cm³/mol. The number of carbonyl (C=O) groups is 2. The van der Waals surface area contributed by atoms with Crippen molar-refractivity contribution < 1.29 is 9.59 Å². The van der Waals surface area contributed by atoms with Crippen molar-refractivity contribution in [1.82, 2.24) is 0 Å². The molecule has 1 aromatic carbocycles. The zero-order valence-corrected chi connectivity index (χ0v) is 11.6. The van der Waals surface area contributed by atoms with E-state index in [9.17, 15) is 9.59 Å². The van der Waals surface area contributed by atoms with Crippen LogP contribution in [0.4, 0.5) is 5.69 Å². The van der Waals surface area contributed by atoms with E-state index in [1.165, 1.54) is 26.2 Å². The molecule has 4 rings (SSSR count). The quantitative estimate of drug-likeness (QED) is 0.857. The van der Waals surface area contributed by atoms with Gasteiger partial charge in [0.05, 0.1) is 5.69 Å². The van der Waals surface area contributed by atoms with Crippen molar-refractivity contribution in [3.63, 3.8) is 0 Å². The molecule has 3 heteroatoms. The van der Waals surface area contributed by atoms with Crippen molar-refractivity contribution in [2.24, 2.45) is 29.6 Å². The van der Waals surface area contributed by atoms with Gasteiger partial charge in [-0.2, -0.15) is 0 Å². The minimum absolute atomic E-state index is 0.00281. The Kier molecular flexibility index (Phi) is 2.53. The van der Waals surface area contributed by atoms with Crippen molar-refractivity contribution in [1.29, 1.82) is 0 Å². The van der Waals surface area contributed by atoms with Crippen molar-refractivity contribution in [3.8, 4) is 0 Å². The number of nitrogens with one attached hydrogen (secondary N) is 1. The number of carbonyl (C=O) groups excluding carboxylic acids is 2. The first kappa shape index (κ1) is 12.1. The maximum absolute atomic E-state index is 12.5. The molecule has 1 N–H and O–H groups in total. The lowest BCUT2D eigenvalue weighted by Gasteiger charge is -2.11. The van der Waals surface area contributed by atoms with E-state index in [4.69, 9.17) is 0 Å². The summed E-state index contributed by atoms with van der Waals surface area (Å²) in [5.74, 6) is 3.20. The zero-order chi connectivity index (χ0) is 13.9. The minimum atomic E-state index is -0.00281. The fraction of sp³-hybridized carbons (Fsp3) is 0.529. The van der Waals surface area contributed by atoms with E-state index in [1.807, 2.05) is 18.2 Å². The summed E-state index contributed by atoms with van der Waals surface area (Å²) in [5, 5.41) is 2.99. The Morgan fingerprint density at radius 3 is 2.40 bits per heavy atom. The lowest BCUT2D eigenvalue weighted by Crippen LogP contribution is -2.19. The van der Waals surface area contributed by atoms with Gasteiger partial charge in [-0.15, -0.1) is 0 Å². The molecule has 3 aliphatic carbocycles. The maximum atomic E-state index is 12.5. The normalized spacial score (nSPS) is 36.5. The molecular weight excluding hydrogens is 250 g/mol. The van der Waals surface area contributed by atoms with E-state index in [2.05, 4.69) is 5.32 Å². The first-order valence-electron chi connectivity index (χ1n) is 7.57. The van der Waals surface area contributed by atoms with Gasteiger partial charge in [-0.1, -0.05) is 12.1 Å². The van der Waals surface area contributed by atoms with Crippen LogP contribution >= 0.6 is 0 Å². The Balaban J connectivity index is 1.51. The number of fused-ring (bicyclic) bond motifs is 5. The number of hydrogen-bond donors (Lipinski definition) is 1. The fourth-order valence-electron chi connectivity index (χ4n) is 4.79. The minimum Gasteiger partial charge on any atom is -0.325 e. The van der Waals surface area contributed by atoms with Crippen LogP contribution in [-0.2, 0) is 4.79 Å². The van der Waals surface area contributed by atoms with Gasteiger partial charge in [0.15, 0.2) is 5.78 Å². The van der Waals surface area contributed by atoms with E-state index in [1.54, 1.807) is 6.07 Å². The van der Waals surface area contributed by atoms with Crippen molar-refractivity contribution in [2.45, 2.75) is 26.2 Å². The van der Waals surface area contributed by atoms with Crippen LogP contribution in [0.15, 0.2) is 24.3 Å². The van der Waals surface area contributed by atoms with Gasteiger partial charge in [0.25, 0.3) is 0 Å². The average Bonchev–Trinajstić information content (AvgIpc) is 2.88. The highest BCUT2D eigenvalue weighted by molar-refractivity contribution is 6.04. The molecule has 4 atom stereocenters. The van der Waals surface area contributed by atoms with Crippen molar-refractivity contribution in [2.75, 3.05) is 5.32 Å². The molecule has 1 amide bonds. The van der Waals surface area contributed by atoms with Gasteiger partial charge < -0.3 is 5.32 Å². The van der Waals surface area contributed by atoms with Crippen LogP contribution < -0.4 is 5.32 Å². The van der Waals surface area contributed by atoms with Gasteiger partial charge in [-0.3, -0.25) is 9.59 Å². The molecule has 3 saturated carbocycles. The first-order chi connectivity index (χ1) is 9.66. The Hall–Kier alpha value is -1.64. The summed E-state index contributed by atoms with van der Waals surface area (Å²) in [6.45, 7) is 1.54. The molecule has 3 nitrogen and oxygen atoms in total.